The van der Waals surface area contributed by atoms with E-state index in [2.05, 4.69) is 56.6 Å². The van der Waals surface area contributed by atoms with Gasteiger partial charge in [-0.1, -0.05) is 42.5 Å². The van der Waals surface area contributed by atoms with E-state index in [9.17, 15) is 10.1 Å². The number of aromatic nitrogens is 2. The van der Waals surface area contributed by atoms with Crippen LogP contribution in [0.5, 0.6) is 0 Å². The highest BCUT2D eigenvalue weighted by Gasteiger charge is 2.29. The molecule has 156 valence electrons. The lowest BCUT2D eigenvalue weighted by Crippen LogP contribution is -2.37. The highest BCUT2D eigenvalue weighted by molar-refractivity contribution is 5.42. The van der Waals surface area contributed by atoms with Crippen molar-refractivity contribution < 1.29 is 0 Å². The molecule has 0 saturated heterocycles. The van der Waals surface area contributed by atoms with Crippen LogP contribution in [0.3, 0.4) is 0 Å². The van der Waals surface area contributed by atoms with Crippen molar-refractivity contribution in [2.24, 2.45) is 0 Å². The van der Waals surface area contributed by atoms with Crippen molar-refractivity contribution in [3.05, 3.63) is 92.4 Å². The molecular formula is C25H25N5O. The third-order valence-electron chi connectivity index (χ3n) is 6.45. The van der Waals surface area contributed by atoms with Crippen LogP contribution in [0.2, 0.25) is 0 Å². The van der Waals surface area contributed by atoms with Gasteiger partial charge in [-0.3, -0.25) is 9.69 Å². The first kappa shape index (κ1) is 19.5. The van der Waals surface area contributed by atoms with E-state index in [1.54, 1.807) is 0 Å². The fourth-order valence-corrected chi connectivity index (χ4v) is 4.72. The monoisotopic (exact) mass is 411 g/mol. The summed E-state index contributed by atoms with van der Waals surface area (Å²) >= 11 is 0. The molecule has 3 aromatic rings. The van der Waals surface area contributed by atoms with E-state index in [-0.39, 0.29) is 5.56 Å². The number of rotatable bonds is 4. The Morgan fingerprint density at radius 2 is 1.77 bits per heavy atom. The molecule has 0 fully saturated rings. The topological polar surface area (TPSA) is 65.2 Å². The van der Waals surface area contributed by atoms with Gasteiger partial charge in [0.2, 0.25) is 5.95 Å². The van der Waals surface area contributed by atoms with Crippen molar-refractivity contribution in [3.8, 4) is 6.07 Å². The molecule has 5 rings (SSSR count). The fraction of sp³-hybridized carbons (Fsp3) is 0.320. The van der Waals surface area contributed by atoms with Crippen molar-refractivity contribution >= 4 is 5.95 Å². The second-order valence-electron chi connectivity index (χ2n) is 8.37. The second-order valence-corrected chi connectivity index (χ2v) is 8.37. The summed E-state index contributed by atoms with van der Waals surface area (Å²) in [5.74, 6) is 0.801. The average Bonchev–Trinajstić information content (AvgIpc) is 3.18. The van der Waals surface area contributed by atoms with Crippen LogP contribution in [-0.4, -0.2) is 27.5 Å². The molecule has 3 heterocycles. The van der Waals surface area contributed by atoms with E-state index < -0.39 is 0 Å². The molecule has 0 spiro atoms. The smallest absolute Gasteiger partial charge is 0.279 e. The Bertz CT molecular complexity index is 1240. The molecular weight excluding hydrogens is 386 g/mol. The standard InChI is InChI=1S/C25H25N5O/c1-18-6-2-3-8-20(18)16-29-12-13-30-23-10-11-28(17-22(23)24(31)27-25(29)30)15-21-9-5-4-7-19(21)14-26/h2-9H,10-13,15-17H2,1H3. The van der Waals surface area contributed by atoms with E-state index in [1.807, 2.05) is 24.3 Å². The van der Waals surface area contributed by atoms with Crippen molar-refractivity contribution in [1.82, 2.24) is 14.5 Å². The zero-order valence-corrected chi connectivity index (χ0v) is 17.7. The lowest BCUT2D eigenvalue weighted by atomic mass is 10.0. The number of anilines is 1. The predicted octanol–water partition coefficient (Wildman–Crippen LogP) is 3.00. The van der Waals surface area contributed by atoms with Crippen molar-refractivity contribution in [3.63, 3.8) is 0 Å². The van der Waals surface area contributed by atoms with Crippen LogP contribution < -0.4 is 10.5 Å². The zero-order valence-electron chi connectivity index (χ0n) is 17.7. The maximum atomic E-state index is 13.0. The summed E-state index contributed by atoms with van der Waals surface area (Å²) in [7, 11) is 0. The highest BCUT2D eigenvalue weighted by atomic mass is 16.1. The van der Waals surface area contributed by atoms with Gasteiger partial charge < -0.3 is 9.47 Å². The number of nitrogens with zero attached hydrogens (tertiary/aromatic N) is 5. The molecule has 2 aliphatic heterocycles. The molecule has 31 heavy (non-hydrogen) atoms. The second kappa shape index (κ2) is 8.01. The molecule has 1 aromatic heterocycles. The summed E-state index contributed by atoms with van der Waals surface area (Å²) in [5, 5.41) is 9.37. The maximum Gasteiger partial charge on any atom is 0.279 e. The van der Waals surface area contributed by atoms with Gasteiger partial charge in [-0.05, 0) is 29.7 Å². The van der Waals surface area contributed by atoms with Crippen LogP contribution in [0, 0.1) is 18.3 Å². The van der Waals surface area contributed by atoms with Crippen LogP contribution in [0.25, 0.3) is 0 Å². The third-order valence-corrected chi connectivity index (χ3v) is 6.45. The van der Waals surface area contributed by atoms with Crippen LogP contribution in [-0.2, 0) is 32.6 Å². The number of nitriles is 1. The van der Waals surface area contributed by atoms with Gasteiger partial charge in [0.05, 0.1) is 17.2 Å². The van der Waals surface area contributed by atoms with E-state index in [1.165, 1.54) is 11.1 Å². The summed E-state index contributed by atoms with van der Waals surface area (Å²) in [6.07, 6.45) is 0.826. The van der Waals surface area contributed by atoms with E-state index >= 15 is 0 Å². The van der Waals surface area contributed by atoms with Gasteiger partial charge in [-0.25, -0.2) is 0 Å². The number of fused-ring (bicyclic) bond motifs is 3. The average molecular weight is 412 g/mol. The number of hydrogen-bond donors (Lipinski definition) is 0. The Balaban J connectivity index is 1.40. The third kappa shape index (κ3) is 3.62. The summed E-state index contributed by atoms with van der Waals surface area (Å²) in [4.78, 5) is 21.9. The van der Waals surface area contributed by atoms with E-state index in [0.717, 1.165) is 55.4 Å². The Hall–Kier alpha value is -3.43. The number of benzene rings is 2. The molecule has 0 radical (unpaired) electrons. The zero-order chi connectivity index (χ0) is 21.4. The fourth-order valence-electron chi connectivity index (χ4n) is 4.72. The van der Waals surface area contributed by atoms with Gasteiger partial charge in [0.15, 0.2) is 0 Å². The van der Waals surface area contributed by atoms with Gasteiger partial charge in [0.25, 0.3) is 5.56 Å². The van der Waals surface area contributed by atoms with Gasteiger partial charge in [0.1, 0.15) is 0 Å². The van der Waals surface area contributed by atoms with Gasteiger partial charge in [0, 0.05) is 51.4 Å². The normalized spacial score (nSPS) is 15.4. The Morgan fingerprint density at radius 3 is 2.58 bits per heavy atom. The molecule has 0 N–H and O–H groups in total. The summed E-state index contributed by atoms with van der Waals surface area (Å²) in [6, 6.07) is 18.3. The van der Waals surface area contributed by atoms with Gasteiger partial charge in [-0.15, -0.1) is 0 Å². The molecule has 6 nitrogen and oxygen atoms in total. The molecule has 0 saturated carbocycles. The lowest BCUT2D eigenvalue weighted by molar-refractivity contribution is 0.239. The van der Waals surface area contributed by atoms with Crippen LogP contribution in [0.15, 0.2) is 53.3 Å². The summed E-state index contributed by atoms with van der Waals surface area (Å²) in [5.41, 5.74) is 6.06. The van der Waals surface area contributed by atoms with Crippen LogP contribution in [0.1, 0.15) is 33.5 Å². The minimum atomic E-state index is -0.115. The predicted molar refractivity (Wildman–Crippen MR) is 120 cm³/mol. The first-order valence-corrected chi connectivity index (χ1v) is 10.8. The van der Waals surface area contributed by atoms with Crippen molar-refractivity contribution in [2.45, 2.75) is 39.5 Å². The largest absolute Gasteiger partial charge is 0.336 e. The summed E-state index contributed by atoms with van der Waals surface area (Å²) in [6.45, 7) is 6.76. The quantitative estimate of drug-likeness (QED) is 0.660. The number of hydrogen-bond acceptors (Lipinski definition) is 5. The molecule has 0 unspecified atom stereocenters. The maximum absolute atomic E-state index is 13.0. The first-order valence-electron chi connectivity index (χ1n) is 10.8. The Kier molecular flexibility index (Phi) is 5.05. The molecule has 0 atom stereocenters. The molecule has 2 aliphatic rings. The first-order chi connectivity index (χ1) is 15.1. The molecule has 0 bridgehead atoms. The Morgan fingerprint density at radius 1 is 1.00 bits per heavy atom. The molecule has 0 amide bonds. The van der Waals surface area contributed by atoms with E-state index in [0.29, 0.717) is 18.7 Å². The minimum absolute atomic E-state index is 0.115. The SMILES string of the molecule is Cc1ccccc1CN1CCn2c1nc(=O)c1c2CCN(Cc2ccccc2C#N)C1. The lowest BCUT2D eigenvalue weighted by Gasteiger charge is -2.30. The molecule has 6 heteroatoms. The van der Waals surface area contributed by atoms with Gasteiger partial charge >= 0.3 is 0 Å². The van der Waals surface area contributed by atoms with Crippen LogP contribution >= 0.6 is 0 Å². The highest BCUT2D eigenvalue weighted by Crippen LogP contribution is 2.27. The number of aryl methyl sites for hydroxylation is 1. The van der Waals surface area contributed by atoms with E-state index in [4.69, 9.17) is 0 Å². The van der Waals surface area contributed by atoms with Crippen LogP contribution in [0.4, 0.5) is 5.95 Å². The molecule has 0 aliphatic carbocycles. The summed E-state index contributed by atoms with van der Waals surface area (Å²) < 4.78 is 2.25. The minimum Gasteiger partial charge on any atom is -0.336 e. The van der Waals surface area contributed by atoms with Crippen molar-refractivity contribution in [2.75, 3.05) is 18.0 Å². The van der Waals surface area contributed by atoms with Crippen molar-refractivity contribution in [1.29, 1.82) is 5.26 Å². The molecule has 2 aromatic carbocycles. The Labute approximate surface area is 182 Å². The van der Waals surface area contributed by atoms with Gasteiger partial charge in [-0.2, -0.15) is 10.2 Å².